The maximum absolute atomic E-state index is 13.3. The standard InChI is InChI=1S/C12H13F4N/c1-8-10(13)6-9(7-11(8)14)17-4-2-12(15,16)3-5-17/h6-7H,2-5H2,1H3. The molecule has 0 amide bonds. The molecule has 1 saturated heterocycles. The Kier molecular flexibility index (Phi) is 3.02. The lowest BCUT2D eigenvalue weighted by molar-refractivity contribution is -0.0220. The molecule has 2 rings (SSSR count). The van der Waals surface area contributed by atoms with Crippen molar-refractivity contribution in [1.82, 2.24) is 0 Å². The number of piperidine rings is 1. The smallest absolute Gasteiger partial charge is 0.251 e. The van der Waals surface area contributed by atoms with Gasteiger partial charge in [0.1, 0.15) is 11.6 Å². The van der Waals surface area contributed by atoms with Crippen LogP contribution >= 0.6 is 0 Å². The molecule has 0 spiro atoms. The van der Waals surface area contributed by atoms with E-state index >= 15 is 0 Å². The average molecular weight is 247 g/mol. The van der Waals surface area contributed by atoms with Crippen molar-refractivity contribution < 1.29 is 17.6 Å². The Morgan fingerprint density at radius 1 is 1.06 bits per heavy atom. The largest absolute Gasteiger partial charge is 0.371 e. The molecule has 17 heavy (non-hydrogen) atoms. The number of hydrogen-bond donors (Lipinski definition) is 0. The minimum Gasteiger partial charge on any atom is -0.371 e. The Balaban J connectivity index is 2.19. The second-order valence-electron chi connectivity index (χ2n) is 4.38. The Morgan fingerprint density at radius 2 is 1.53 bits per heavy atom. The highest BCUT2D eigenvalue weighted by Crippen LogP contribution is 2.31. The third-order valence-corrected chi connectivity index (χ3v) is 3.13. The molecule has 0 saturated carbocycles. The van der Waals surface area contributed by atoms with Crippen LogP contribution in [0.3, 0.4) is 0 Å². The van der Waals surface area contributed by atoms with Gasteiger partial charge in [-0.1, -0.05) is 0 Å². The molecule has 0 atom stereocenters. The predicted molar refractivity (Wildman–Crippen MR) is 57.5 cm³/mol. The second-order valence-corrected chi connectivity index (χ2v) is 4.38. The highest BCUT2D eigenvalue weighted by Gasteiger charge is 2.34. The fraction of sp³-hybridized carbons (Fsp3) is 0.500. The minimum absolute atomic E-state index is 0.0453. The van der Waals surface area contributed by atoms with Gasteiger partial charge in [-0.15, -0.1) is 0 Å². The van der Waals surface area contributed by atoms with Gasteiger partial charge in [-0.3, -0.25) is 0 Å². The first-order valence-corrected chi connectivity index (χ1v) is 5.47. The van der Waals surface area contributed by atoms with E-state index in [1.165, 1.54) is 19.1 Å². The van der Waals surface area contributed by atoms with Gasteiger partial charge >= 0.3 is 0 Å². The van der Waals surface area contributed by atoms with Gasteiger partial charge < -0.3 is 4.90 Å². The van der Waals surface area contributed by atoms with Gasteiger partial charge in [0.05, 0.1) is 0 Å². The normalized spacial score (nSPS) is 19.5. The zero-order valence-corrected chi connectivity index (χ0v) is 9.44. The van der Waals surface area contributed by atoms with E-state index in [9.17, 15) is 17.6 Å². The fourth-order valence-corrected chi connectivity index (χ4v) is 1.91. The van der Waals surface area contributed by atoms with Gasteiger partial charge in [-0.2, -0.15) is 0 Å². The summed E-state index contributed by atoms with van der Waals surface area (Å²) < 4.78 is 52.5. The molecule has 0 unspecified atom stereocenters. The van der Waals surface area contributed by atoms with Gasteiger partial charge in [-0.25, -0.2) is 17.6 Å². The molecule has 94 valence electrons. The third kappa shape index (κ3) is 2.53. The van der Waals surface area contributed by atoms with Crippen LogP contribution in [0.4, 0.5) is 23.2 Å². The van der Waals surface area contributed by atoms with Crippen molar-refractivity contribution in [2.45, 2.75) is 25.7 Å². The van der Waals surface area contributed by atoms with Crippen molar-refractivity contribution in [3.05, 3.63) is 29.3 Å². The Labute approximate surface area is 97.0 Å². The van der Waals surface area contributed by atoms with Crippen LogP contribution < -0.4 is 4.90 Å². The molecule has 1 heterocycles. The van der Waals surface area contributed by atoms with E-state index in [4.69, 9.17) is 0 Å². The van der Waals surface area contributed by atoms with Crippen LogP contribution in [-0.4, -0.2) is 19.0 Å². The molecule has 5 heteroatoms. The van der Waals surface area contributed by atoms with Crippen LogP contribution in [0.15, 0.2) is 12.1 Å². The van der Waals surface area contributed by atoms with Crippen molar-refractivity contribution in [2.24, 2.45) is 0 Å². The third-order valence-electron chi connectivity index (χ3n) is 3.13. The number of benzene rings is 1. The van der Waals surface area contributed by atoms with Crippen molar-refractivity contribution in [3.8, 4) is 0 Å². The van der Waals surface area contributed by atoms with E-state index < -0.39 is 17.6 Å². The summed E-state index contributed by atoms with van der Waals surface area (Å²) in [5.41, 5.74) is 0.289. The molecular formula is C12H13F4N. The zero-order valence-electron chi connectivity index (χ0n) is 9.44. The summed E-state index contributed by atoms with van der Waals surface area (Å²) in [5.74, 6) is -3.94. The van der Waals surface area contributed by atoms with Gasteiger partial charge in [0, 0.05) is 37.2 Å². The number of halogens is 4. The fourth-order valence-electron chi connectivity index (χ4n) is 1.91. The molecule has 1 fully saturated rings. The lowest BCUT2D eigenvalue weighted by Crippen LogP contribution is -2.39. The van der Waals surface area contributed by atoms with E-state index in [2.05, 4.69) is 0 Å². The van der Waals surface area contributed by atoms with Crippen molar-refractivity contribution in [1.29, 1.82) is 0 Å². The molecular weight excluding hydrogens is 234 g/mol. The number of rotatable bonds is 1. The highest BCUT2D eigenvalue weighted by molar-refractivity contribution is 5.49. The van der Waals surface area contributed by atoms with Gasteiger partial charge in [0.2, 0.25) is 0 Å². The molecule has 1 aliphatic rings. The van der Waals surface area contributed by atoms with Crippen LogP contribution in [0.25, 0.3) is 0 Å². The monoisotopic (exact) mass is 247 g/mol. The lowest BCUT2D eigenvalue weighted by Gasteiger charge is -2.33. The van der Waals surface area contributed by atoms with E-state index in [1.807, 2.05) is 0 Å². The number of anilines is 1. The van der Waals surface area contributed by atoms with E-state index in [1.54, 1.807) is 4.90 Å². The minimum atomic E-state index is -2.65. The summed E-state index contributed by atoms with van der Waals surface area (Å²) in [7, 11) is 0. The molecule has 1 aromatic carbocycles. The summed E-state index contributed by atoms with van der Waals surface area (Å²) in [5, 5.41) is 0. The van der Waals surface area contributed by atoms with E-state index in [-0.39, 0.29) is 31.5 Å². The van der Waals surface area contributed by atoms with Gasteiger partial charge in [0.15, 0.2) is 0 Å². The summed E-state index contributed by atoms with van der Waals surface area (Å²) in [4.78, 5) is 1.59. The Hall–Kier alpha value is -1.26. The second kappa shape index (κ2) is 4.20. The number of hydrogen-bond acceptors (Lipinski definition) is 1. The average Bonchev–Trinajstić information content (AvgIpc) is 2.25. The topological polar surface area (TPSA) is 3.24 Å². The van der Waals surface area contributed by atoms with E-state index in [0.717, 1.165) is 0 Å². The van der Waals surface area contributed by atoms with Crippen LogP contribution in [0.1, 0.15) is 18.4 Å². The molecule has 1 nitrogen and oxygen atoms in total. The van der Waals surface area contributed by atoms with Crippen LogP contribution in [-0.2, 0) is 0 Å². The molecule has 1 aromatic rings. The van der Waals surface area contributed by atoms with Crippen molar-refractivity contribution >= 4 is 5.69 Å². The van der Waals surface area contributed by atoms with Gasteiger partial charge in [0.25, 0.3) is 5.92 Å². The van der Waals surface area contributed by atoms with Crippen LogP contribution in [0, 0.1) is 18.6 Å². The molecule has 0 N–H and O–H groups in total. The number of nitrogens with zero attached hydrogens (tertiary/aromatic N) is 1. The lowest BCUT2D eigenvalue weighted by atomic mass is 10.1. The summed E-state index contributed by atoms with van der Waals surface area (Å²) >= 11 is 0. The Bertz CT molecular complexity index is 398. The first-order valence-electron chi connectivity index (χ1n) is 5.47. The van der Waals surface area contributed by atoms with Crippen LogP contribution in [0.2, 0.25) is 0 Å². The summed E-state index contributed by atoms with van der Waals surface area (Å²) in [6.45, 7) is 1.59. The molecule has 0 bridgehead atoms. The SMILES string of the molecule is Cc1c(F)cc(N2CCC(F)(F)CC2)cc1F. The maximum Gasteiger partial charge on any atom is 0.251 e. The van der Waals surface area contributed by atoms with Crippen molar-refractivity contribution in [2.75, 3.05) is 18.0 Å². The Morgan fingerprint density at radius 3 is 2.00 bits per heavy atom. The molecule has 1 aliphatic heterocycles. The predicted octanol–water partition coefficient (Wildman–Crippen LogP) is 3.51. The van der Waals surface area contributed by atoms with Crippen molar-refractivity contribution in [3.63, 3.8) is 0 Å². The summed E-state index contributed by atoms with van der Waals surface area (Å²) in [6.07, 6.45) is -0.547. The van der Waals surface area contributed by atoms with Crippen LogP contribution in [0.5, 0.6) is 0 Å². The first kappa shape index (κ1) is 12.2. The van der Waals surface area contributed by atoms with Gasteiger partial charge in [-0.05, 0) is 19.1 Å². The molecule has 0 radical (unpaired) electrons. The van der Waals surface area contributed by atoms with E-state index in [0.29, 0.717) is 5.69 Å². The first-order chi connectivity index (χ1) is 7.89. The zero-order chi connectivity index (χ0) is 12.6. The quantitative estimate of drug-likeness (QED) is 0.686. The maximum atomic E-state index is 13.3. The number of alkyl halides is 2. The molecule has 0 aromatic heterocycles. The summed E-state index contributed by atoms with van der Waals surface area (Å²) in [6, 6.07) is 2.39. The molecule has 0 aliphatic carbocycles. The highest BCUT2D eigenvalue weighted by atomic mass is 19.3.